The summed E-state index contributed by atoms with van der Waals surface area (Å²) in [5, 5.41) is 11.3. The summed E-state index contributed by atoms with van der Waals surface area (Å²) in [5.74, 6) is 0.846. The Kier molecular flexibility index (Phi) is 9.62. The van der Waals surface area contributed by atoms with Crippen LogP contribution in [0.1, 0.15) is 12.5 Å². The van der Waals surface area contributed by atoms with Gasteiger partial charge in [-0.2, -0.15) is 0 Å². The van der Waals surface area contributed by atoms with Gasteiger partial charge in [-0.05, 0) is 48.9 Å². The lowest BCUT2D eigenvalue weighted by Gasteiger charge is -2.18. The van der Waals surface area contributed by atoms with Crippen molar-refractivity contribution in [3.05, 3.63) is 59.9 Å². The minimum Gasteiger partial charge on any atom is -0.489 e. The van der Waals surface area contributed by atoms with Crippen molar-refractivity contribution in [2.45, 2.75) is 24.5 Å². The molecule has 2 aromatic rings. The van der Waals surface area contributed by atoms with Crippen LogP contribution in [0.15, 0.2) is 58.4 Å². The number of aliphatic imine (C=N–C) groups is 1. The van der Waals surface area contributed by atoms with Gasteiger partial charge in [-0.15, -0.1) is 24.0 Å². The maximum absolute atomic E-state index is 12.9. The normalized spacial score (nSPS) is 12.6. The highest BCUT2D eigenvalue weighted by molar-refractivity contribution is 14.0. The van der Waals surface area contributed by atoms with Gasteiger partial charge in [0.25, 0.3) is 0 Å². The maximum atomic E-state index is 12.9. The number of nitrogens with one attached hydrogen (secondary N) is 2. The first-order valence-electron chi connectivity index (χ1n) is 8.26. The van der Waals surface area contributed by atoms with Crippen molar-refractivity contribution in [2.24, 2.45) is 10.1 Å². The summed E-state index contributed by atoms with van der Waals surface area (Å²) in [6.07, 6.45) is -0.164. The summed E-state index contributed by atoms with van der Waals surface area (Å²) in [7, 11) is -2.05. The van der Waals surface area contributed by atoms with E-state index in [0.29, 0.717) is 24.8 Å². The molecule has 4 N–H and O–H groups in total. The van der Waals surface area contributed by atoms with Crippen LogP contribution in [0.3, 0.4) is 0 Å². The fourth-order valence-corrected chi connectivity index (χ4v) is 2.75. The molecule has 28 heavy (non-hydrogen) atoms. The molecule has 0 spiro atoms. The number of hydrogen-bond acceptors (Lipinski definition) is 4. The Morgan fingerprint density at radius 3 is 2.29 bits per heavy atom. The number of rotatable bonds is 7. The summed E-state index contributed by atoms with van der Waals surface area (Å²) < 4.78 is 41.1. The van der Waals surface area contributed by atoms with E-state index in [1.807, 2.05) is 6.92 Å². The first-order chi connectivity index (χ1) is 12.8. The average Bonchev–Trinajstić information content (AvgIpc) is 2.63. The number of benzene rings is 2. The van der Waals surface area contributed by atoms with Gasteiger partial charge < -0.3 is 15.4 Å². The molecule has 0 saturated carbocycles. The van der Waals surface area contributed by atoms with Crippen molar-refractivity contribution < 1.29 is 17.5 Å². The second-order valence-corrected chi connectivity index (χ2v) is 7.44. The molecule has 0 radical (unpaired) electrons. The minimum absolute atomic E-state index is 0. The zero-order valence-corrected chi connectivity index (χ0v) is 18.7. The molecule has 7 nitrogen and oxygen atoms in total. The van der Waals surface area contributed by atoms with Gasteiger partial charge in [0.1, 0.15) is 17.7 Å². The van der Waals surface area contributed by atoms with Gasteiger partial charge in [0.15, 0.2) is 5.96 Å². The number of halogens is 2. The van der Waals surface area contributed by atoms with Crippen LogP contribution < -0.4 is 20.5 Å². The van der Waals surface area contributed by atoms with Gasteiger partial charge in [0.05, 0.1) is 11.4 Å². The number of nitrogens with zero attached hydrogens (tertiary/aromatic N) is 1. The highest BCUT2D eigenvalue weighted by atomic mass is 127. The van der Waals surface area contributed by atoms with Crippen molar-refractivity contribution in [3.8, 4) is 5.75 Å². The fourth-order valence-electron chi connectivity index (χ4n) is 2.23. The van der Waals surface area contributed by atoms with Crippen molar-refractivity contribution in [3.63, 3.8) is 0 Å². The Hall–Kier alpha value is -1.92. The molecule has 2 rings (SSSR count). The minimum atomic E-state index is -3.69. The predicted octanol–water partition coefficient (Wildman–Crippen LogP) is 2.22. The Bertz CT molecular complexity index is 875. The van der Waals surface area contributed by atoms with Gasteiger partial charge >= 0.3 is 0 Å². The van der Waals surface area contributed by atoms with Gasteiger partial charge in [-0.3, -0.25) is 4.99 Å². The van der Waals surface area contributed by atoms with Crippen LogP contribution >= 0.6 is 24.0 Å². The summed E-state index contributed by atoms with van der Waals surface area (Å²) in [6, 6.07) is 12.1. The zero-order valence-electron chi connectivity index (χ0n) is 15.6. The standard InChI is InChI=1S/C18H23FN4O3S.HI/c1-13(26-16-7-5-15(19)6-8-16)11-22-18(21-2)23-12-14-3-9-17(10-4-14)27(20,24)25;/h3-10,13H,11-12H2,1-2H3,(H2,20,24,25)(H2,21,22,23);1H. The highest BCUT2D eigenvalue weighted by Gasteiger charge is 2.08. The number of nitrogens with two attached hydrogens (primary N) is 1. The summed E-state index contributed by atoms with van der Waals surface area (Å²) in [5.41, 5.74) is 0.876. The second-order valence-electron chi connectivity index (χ2n) is 5.88. The third kappa shape index (κ3) is 7.98. The topological polar surface area (TPSA) is 106 Å². The van der Waals surface area contributed by atoms with E-state index in [2.05, 4.69) is 15.6 Å². The van der Waals surface area contributed by atoms with Crippen LogP contribution in [0.5, 0.6) is 5.75 Å². The lowest BCUT2D eigenvalue weighted by Crippen LogP contribution is -2.41. The summed E-state index contributed by atoms with van der Waals surface area (Å²) in [6.45, 7) is 2.83. The Morgan fingerprint density at radius 1 is 1.14 bits per heavy atom. The van der Waals surface area contributed by atoms with Crippen LogP contribution in [-0.4, -0.2) is 34.1 Å². The smallest absolute Gasteiger partial charge is 0.238 e. The molecule has 1 atom stereocenters. The van der Waals surface area contributed by atoms with E-state index in [1.54, 1.807) is 31.3 Å². The number of sulfonamides is 1. The van der Waals surface area contributed by atoms with Crippen LogP contribution in [0, 0.1) is 5.82 Å². The Labute approximate surface area is 181 Å². The number of primary sulfonamides is 1. The van der Waals surface area contributed by atoms with Crippen molar-refractivity contribution in [2.75, 3.05) is 13.6 Å². The Balaban J connectivity index is 0.00000392. The monoisotopic (exact) mass is 522 g/mol. The predicted molar refractivity (Wildman–Crippen MR) is 118 cm³/mol. The zero-order chi connectivity index (χ0) is 19.9. The summed E-state index contributed by atoms with van der Waals surface area (Å²) >= 11 is 0. The average molecular weight is 522 g/mol. The van der Waals surface area contributed by atoms with E-state index < -0.39 is 10.0 Å². The molecule has 0 amide bonds. The van der Waals surface area contributed by atoms with Gasteiger partial charge in [-0.1, -0.05) is 12.1 Å². The van der Waals surface area contributed by atoms with E-state index in [4.69, 9.17) is 9.88 Å². The molecule has 154 valence electrons. The Morgan fingerprint density at radius 2 is 1.75 bits per heavy atom. The van der Waals surface area contributed by atoms with Gasteiger partial charge in [0.2, 0.25) is 10.0 Å². The van der Waals surface area contributed by atoms with E-state index >= 15 is 0 Å². The fraction of sp³-hybridized carbons (Fsp3) is 0.278. The number of ether oxygens (including phenoxy) is 1. The third-order valence-electron chi connectivity index (χ3n) is 3.64. The molecule has 0 aliphatic heterocycles. The molecule has 10 heteroatoms. The van der Waals surface area contributed by atoms with Crippen LogP contribution in [0.25, 0.3) is 0 Å². The lowest BCUT2D eigenvalue weighted by atomic mass is 10.2. The first-order valence-corrected chi connectivity index (χ1v) is 9.81. The van der Waals surface area contributed by atoms with Crippen molar-refractivity contribution >= 4 is 40.0 Å². The quantitative estimate of drug-likeness (QED) is 0.294. The molecule has 0 saturated heterocycles. The van der Waals surface area contributed by atoms with Crippen LogP contribution in [0.4, 0.5) is 4.39 Å². The van der Waals surface area contributed by atoms with E-state index in [1.165, 1.54) is 24.3 Å². The third-order valence-corrected chi connectivity index (χ3v) is 4.57. The molecular weight excluding hydrogens is 498 g/mol. The molecule has 0 fully saturated rings. The molecule has 0 bridgehead atoms. The molecule has 0 aliphatic rings. The largest absolute Gasteiger partial charge is 0.489 e. The molecule has 2 aromatic carbocycles. The number of guanidine groups is 1. The van der Waals surface area contributed by atoms with E-state index in [0.717, 1.165) is 5.56 Å². The van der Waals surface area contributed by atoms with Crippen molar-refractivity contribution in [1.82, 2.24) is 10.6 Å². The molecular formula is C18H24FIN4O3S. The summed E-state index contributed by atoms with van der Waals surface area (Å²) in [4.78, 5) is 4.19. The van der Waals surface area contributed by atoms with Crippen LogP contribution in [0.2, 0.25) is 0 Å². The van der Waals surface area contributed by atoms with Gasteiger partial charge in [-0.25, -0.2) is 17.9 Å². The maximum Gasteiger partial charge on any atom is 0.238 e. The molecule has 0 aromatic heterocycles. The van der Waals surface area contributed by atoms with Crippen LogP contribution in [-0.2, 0) is 16.6 Å². The first kappa shape index (κ1) is 24.1. The van der Waals surface area contributed by atoms with E-state index in [-0.39, 0.29) is 40.8 Å². The van der Waals surface area contributed by atoms with Crippen molar-refractivity contribution in [1.29, 1.82) is 0 Å². The molecule has 0 aliphatic carbocycles. The number of hydrogen-bond donors (Lipinski definition) is 3. The highest BCUT2D eigenvalue weighted by Crippen LogP contribution is 2.12. The SMILES string of the molecule is CN=C(NCc1ccc(S(N)(=O)=O)cc1)NCC(C)Oc1ccc(F)cc1.I. The lowest BCUT2D eigenvalue weighted by molar-refractivity contribution is 0.223. The second kappa shape index (κ2) is 11.2. The van der Waals surface area contributed by atoms with Gasteiger partial charge in [0, 0.05) is 13.6 Å². The molecule has 0 heterocycles. The van der Waals surface area contributed by atoms with E-state index in [9.17, 15) is 12.8 Å². The molecule has 1 unspecified atom stereocenters.